The van der Waals surface area contributed by atoms with Gasteiger partial charge in [0.1, 0.15) is 0 Å². The lowest BCUT2D eigenvalue weighted by Crippen LogP contribution is -2.00. The number of carbonyl (C=O) groups excluding carboxylic acids is 1. The van der Waals surface area contributed by atoms with Crippen molar-refractivity contribution >= 4 is 40.9 Å². The van der Waals surface area contributed by atoms with Gasteiger partial charge in [-0.2, -0.15) is 0 Å². The van der Waals surface area contributed by atoms with E-state index in [4.69, 9.17) is 0 Å². The number of aromatic nitrogens is 1. The summed E-state index contributed by atoms with van der Waals surface area (Å²) in [6.45, 7) is 0. The molecule has 0 bridgehead atoms. The van der Waals surface area contributed by atoms with Crippen molar-refractivity contribution in [2.24, 2.45) is 4.99 Å². The number of rotatable bonds is 2. The van der Waals surface area contributed by atoms with Crippen LogP contribution in [0.5, 0.6) is 5.88 Å². The summed E-state index contributed by atoms with van der Waals surface area (Å²) in [7, 11) is 1.32. The monoisotopic (exact) mass is 302 g/mol. The van der Waals surface area contributed by atoms with E-state index in [0.29, 0.717) is 16.1 Å². The Hall–Kier alpha value is -2.67. The van der Waals surface area contributed by atoms with E-state index in [-0.39, 0.29) is 10.8 Å². The molecule has 0 spiro atoms. The molecule has 2 aromatic rings. The number of aromatic amines is 1. The predicted octanol–water partition coefficient (Wildman–Crippen LogP) is 2.19. The van der Waals surface area contributed by atoms with Crippen LogP contribution in [-0.4, -0.2) is 29.4 Å². The first kappa shape index (κ1) is 13.3. The number of nitrogens with zero attached hydrogens (tertiary/aromatic N) is 1. The maximum atomic E-state index is 11.5. The van der Waals surface area contributed by atoms with Gasteiger partial charge in [-0.25, -0.2) is 4.79 Å². The summed E-state index contributed by atoms with van der Waals surface area (Å²) in [6, 6.07) is 5.04. The van der Waals surface area contributed by atoms with Gasteiger partial charge in [0.05, 0.1) is 23.2 Å². The molecule has 0 fully saturated rings. The SMILES string of the molecule is COC(=O)c1ccc2c(c1)N=C/C2=C\c1sc(=O)[nH]c1O. The maximum Gasteiger partial charge on any atom is 0.337 e. The number of aromatic hydroxyl groups is 1. The number of hydrogen-bond acceptors (Lipinski definition) is 6. The minimum Gasteiger partial charge on any atom is -0.493 e. The number of fused-ring (bicyclic) bond motifs is 1. The standard InChI is InChI=1S/C14H10N2O4S/c1-20-13(18)7-2-3-9-8(6-15-10(9)4-7)5-11-12(17)16-14(19)21-11/h2-6,17H,1H3,(H,16,19)/b8-5+. The second kappa shape index (κ2) is 5.02. The Kier molecular flexibility index (Phi) is 3.19. The molecule has 3 rings (SSSR count). The summed E-state index contributed by atoms with van der Waals surface area (Å²) < 4.78 is 4.66. The van der Waals surface area contributed by atoms with Crippen LogP contribution in [-0.2, 0) is 4.74 Å². The van der Waals surface area contributed by atoms with Crippen LogP contribution >= 0.6 is 11.3 Å². The first-order valence-corrected chi connectivity index (χ1v) is 6.80. The Labute approximate surface area is 123 Å². The van der Waals surface area contributed by atoms with E-state index in [1.54, 1.807) is 30.5 Å². The number of hydrogen-bond donors (Lipinski definition) is 2. The number of thiazole rings is 1. The van der Waals surface area contributed by atoms with Crippen molar-refractivity contribution in [3.8, 4) is 5.88 Å². The molecule has 0 unspecified atom stereocenters. The second-order valence-corrected chi connectivity index (χ2v) is 5.32. The van der Waals surface area contributed by atoms with Crippen molar-refractivity contribution in [2.45, 2.75) is 0 Å². The summed E-state index contributed by atoms with van der Waals surface area (Å²) in [6.07, 6.45) is 3.29. The summed E-state index contributed by atoms with van der Waals surface area (Å²) >= 11 is 0.914. The highest BCUT2D eigenvalue weighted by Crippen LogP contribution is 2.34. The Morgan fingerprint density at radius 2 is 2.29 bits per heavy atom. The van der Waals surface area contributed by atoms with E-state index in [1.165, 1.54) is 7.11 Å². The molecule has 0 saturated heterocycles. The fraction of sp³-hybridized carbons (Fsp3) is 0.0714. The smallest absolute Gasteiger partial charge is 0.337 e. The van der Waals surface area contributed by atoms with Gasteiger partial charge < -0.3 is 9.84 Å². The van der Waals surface area contributed by atoms with E-state index >= 15 is 0 Å². The fourth-order valence-electron chi connectivity index (χ4n) is 2.02. The molecule has 106 valence electrons. The molecular weight excluding hydrogens is 292 g/mol. The van der Waals surface area contributed by atoms with Gasteiger partial charge in [0.25, 0.3) is 0 Å². The average Bonchev–Trinajstić information content (AvgIpc) is 3.01. The third kappa shape index (κ3) is 2.38. The molecule has 6 nitrogen and oxygen atoms in total. The number of allylic oxidation sites excluding steroid dienone is 1. The van der Waals surface area contributed by atoms with Crippen LogP contribution in [0.25, 0.3) is 11.6 Å². The lowest BCUT2D eigenvalue weighted by molar-refractivity contribution is 0.0601. The van der Waals surface area contributed by atoms with Gasteiger partial charge in [-0.1, -0.05) is 17.4 Å². The number of aliphatic imine (C=N–C) groups is 1. The summed E-state index contributed by atoms with van der Waals surface area (Å²) in [5.74, 6) is -0.586. The number of esters is 1. The van der Waals surface area contributed by atoms with Crippen LogP contribution < -0.4 is 4.87 Å². The Morgan fingerprint density at radius 1 is 1.48 bits per heavy atom. The first-order valence-electron chi connectivity index (χ1n) is 5.99. The number of benzene rings is 1. The Balaban J connectivity index is 2.02. The van der Waals surface area contributed by atoms with E-state index in [1.807, 2.05) is 0 Å². The number of ether oxygens (including phenoxy) is 1. The minimum absolute atomic E-state index is 0.162. The molecule has 1 aromatic carbocycles. The van der Waals surface area contributed by atoms with Crippen LogP contribution in [0, 0.1) is 0 Å². The molecule has 2 N–H and O–H groups in total. The van der Waals surface area contributed by atoms with Crippen LogP contribution in [0.1, 0.15) is 20.8 Å². The molecule has 7 heteroatoms. The molecule has 1 aliphatic heterocycles. The normalized spacial score (nSPS) is 14.4. The number of nitrogens with one attached hydrogen (secondary N) is 1. The van der Waals surface area contributed by atoms with Crippen molar-refractivity contribution in [3.63, 3.8) is 0 Å². The van der Waals surface area contributed by atoms with Crippen LogP contribution in [0.3, 0.4) is 0 Å². The highest BCUT2D eigenvalue weighted by atomic mass is 32.1. The molecule has 2 heterocycles. The topological polar surface area (TPSA) is 91.8 Å². The van der Waals surface area contributed by atoms with Crippen molar-refractivity contribution in [1.29, 1.82) is 0 Å². The Morgan fingerprint density at radius 3 is 2.95 bits per heavy atom. The average molecular weight is 302 g/mol. The molecule has 0 saturated carbocycles. The zero-order chi connectivity index (χ0) is 15.0. The van der Waals surface area contributed by atoms with Gasteiger partial charge >= 0.3 is 10.8 Å². The molecule has 0 atom stereocenters. The molecule has 0 aliphatic carbocycles. The largest absolute Gasteiger partial charge is 0.493 e. The van der Waals surface area contributed by atoms with Gasteiger partial charge in [0, 0.05) is 17.4 Å². The number of methoxy groups -OCH3 is 1. The second-order valence-electron chi connectivity index (χ2n) is 4.31. The highest BCUT2D eigenvalue weighted by molar-refractivity contribution is 7.10. The number of H-pyrrole nitrogens is 1. The van der Waals surface area contributed by atoms with Gasteiger partial charge in [-0.3, -0.25) is 14.8 Å². The molecule has 0 radical (unpaired) electrons. The van der Waals surface area contributed by atoms with Crippen molar-refractivity contribution in [1.82, 2.24) is 4.98 Å². The van der Waals surface area contributed by atoms with Crippen LogP contribution in [0.15, 0.2) is 28.0 Å². The van der Waals surface area contributed by atoms with Crippen molar-refractivity contribution in [3.05, 3.63) is 43.9 Å². The highest BCUT2D eigenvalue weighted by Gasteiger charge is 2.16. The molecule has 1 aromatic heterocycles. The van der Waals surface area contributed by atoms with Crippen molar-refractivity contribution in [2.75, 3.05) is 7.11 Å². The molecule has 0 amide bonds. The lowest BCUT2D eigenvalue weighted by atomic mass is 10.0. The number of carbonyl (C=O) groups is 1. The Bertz CT molecular complexity index is 845. The molecule has 1 aliphatic rings. The van der Waals surface area contributed by atoms with E-state index in [9.17, 15) is 14.7 Å². The molecule has 21 heavy (non-hydrogen) atoms. The van der Waals surface area contributed by atoms with E-state index in [2.05, 4.69) is 14.7 Å². The minimum atomic E-state index is -0.424. The first-order chi connectivity index (χ1) is 10.1. The third-order valence-electron chi connectivity index (χ3n) is 3.02. The zero-order valence-corrected chi connectivity index (χ0v) is 11.7. The van der Waals surface area contributed by atoms with Gasteiger partial charge in [-0.05, 0) is 18.2 Å². The summed E-state index contributed by atoms with van der Waals surface area (Å²) in [5.41, 5.74) is 2.64. The van der Waals surface area contributed by atoms with Gasteiger partial charge in [-0.15, -0.1) is 0 Å². The summed E-state index contributed by atoms with van der Waals surface area (Å²) in [5, 5.41) is 9.59. The quantitative estimate of drug-likeness (QED) is 0.832. The van der Waals surface area contributed by atoms with E-state index in [0.717, 1.165) is 22.5 Å². The third-order valence-corrected chi connectivity index (χ3v) is 3.83. The summed E-state index contributed by atoms with van der Waals surface area (Å²) in [4.78, 5) is 29.3. The van der Waals surface area contributed by atoms with Crippen LogP contribution in [0.4, 0.5) is 5.69 Å². The van der Waals surface area contributed by atoms with Crippen LogP contribution in [0.2, 0.25) is 0 Å². The molecular formula is C14H10N2O4S. The lowest BCUT2D eigenvalue weighted by Gasteiger charge is -2.02. The van der Waals surface area contributed by atoms with Gasteiger partial charge in [0.2, 0.25) is 5.88 Å². The maximum absolute atomic E-state index is 11.5. The van der Waals surface area contributed by atoms with Crippen molar-refractivity contribution < 1.29 is 14.6 Å². The fourth-order valence-corrected chi connectivity index (χ4v) is 2.70. The van der Waals surface area contributed by atoms with E-state index < -0.39 is 5.97 Å². The zero-order valence-electron chi connectivity index (χ0n) is 10.9. The van der Waals surface area contributed by atoms with Gasteiger partial charge in [0.15, 0.2) is 0 Å². The predicted molar refractivity (Wildman–Crippen MR) is 80.4 cm³/mol.